The Morgan fingerprint density at radius 2 is 2.00 bits per heavy atom. The van der Waals surface area contributed by atoms with Crippen molar-refractivity contribution in [1.29, 1.82) is 0 Å². The number of aromatic nitrogens is 1. The number of nitrogens with one attached hydrogen (secondary N) is 1. The molecule has 5 heteroatoms. The van der Waals surface area contributed by atoms with Crippen LogP contribution in [0.2, 0.25) is 5.15 Å². The van der Waals surface area contributed by atoms with Gasteiger partial charge in [-0.25, -0.2) is 4.98 Å². The first kappa shape index (κ1) is 14.0. The molecular weight excluding hydrogens is 328 g/mol. The first-order chi connectivity index (χ1) is 8.97. The Bertz CT molecular complexity index is 643. The van der Waals surface area contributed by atoms with Crippen molar-refractivity contribution in [2.75, 3.05) is 5.32 Å². The topological polar surface area (TPSA) is 42.0 Å². The van der Waals surface area contributed by atoms with Gasteiger partial charge < -0.3 is 5.32 Å². The smallest absolute Gasteiger partial charge is 0.255 e. The second-order valence-electron chi connectivity index (χ2n) is 4.25. The van der Waals surface area contributed by atoms with Gasteiger partial charge in [-0.15, -0.1) is 0 Å². The highest BCUT2D eigenvalue weighted by atomic mass is 79.9. The van der Waals surface area contributed by atoms with Crippen molar-refractivity contribution in [1.82, 2.24) is 4.98 Å². The van der Waals surface area contributed by atoms with E-state index in [9.17, 15) is 4.79 Å². The molecule has 2 aromatic rings. The van der Waals surface area contributed by atoms with E-state index in [-0.39, 0.29) is 5.91 Å². The Labute approximate surface area is 125 Å². The lowest BCUT2D eigenvalue weighted by molar-refractivity contribution is 0.102. The lowest BCUT2D eigenvalue weighted by Crippen LogP contribution is -2.12. The van der Waals surface area contributed by atoms with Crippen LogP contribution in [0.3, 0.4) is 0 Å². The van der Waals surface area contributed by atoms with Gasteiger partial charge in [0.15, 0.2) is 0 Å². The lowest BCUT2D eigenvalue weighted by Gasteiger charge is -2.07. The fraction of sp³-hybridized carbons (Fsp3) is 0.143. The van der Waals surface area contributed by atoms with E-state index in [0.29, 0.717) is 20.9 Å². The van der Waals surface area contributed by atoms with Crippen molar-refractivity contribution in [2.45, 2.75) is 13.8 Å². The number of anilines is 1. The molecule has 0 unspecified atom stereocenters. The Kier molecular flexibility index (Phi) is 4.22. The predicted molar refractivity (Wildman–Crippen MR) is 80.8 cm³/mol. The van der Waals surface area contributed by atoms with E-state index >= 15 is 0 Å². The molecule has 0 aliphatic heterocycles. The molecule has 1 aromatic heterocycles. The number of rotatable bonds is 2. The molecule has 0 aliphatic rings. The quantitative estimate of drug-likeness (QED) is 0.826. The summed E-state index contributed by atoms with van der Waals surface area (Å²) in [6, 6.07) is 7.31. The largest absolute Gasteiger partial charge is 0.321 e. The van der Waals surface area contributed by atoms with Crippen molar-refractivity contribution < 1.29 is 4.79 Å². The van der Waals surface area contributed by atoms with Crippen molar-refractivity contribution >= 4 is 39.1 Å². The first-order valence-electron chi connectivity index (χ1n) is 5.67. The maximum absolute atomic E-state index is 12.1. The van der Waals surface area contributed by atoms with Gasteiger partial charge in [-0.1, -0.05) is 17.7 Å². The number of amides is 1. The standard InChI is InChI=1S/C14H12BrClN2O/c1-8-3-4-10(5-9(8)2)14(19)18-11-6-12(15)13(16)17-7-11/h3-7H,1-2H3,(H,18,19). The molecule has 0 spiro atoms. The average molecular weight is 340 g/mol. The third-order valence-electron chi connectivity index (χ3n) is 2.82. The molecule has 0 aliphatic carbocycles. The molecule has 0 saturated carbocycles. The maximum atomic E-state index is 12.1. The van der Waals surface area contributed by atoms with Crippen molar-refractivity contribution in [3.63, 3.8) is 0 Å². The molecule has 0 fully saturated rings. The number of pyridine rings is 1. The zero-order valence-electron chi connectivity index (χ0n) is 10.5. The number of carbonyl (C=O) groups is 1. The minimum absolute atomic E-state index is 0.167. The summed E-state index contributed by atoms with van der Waals surface area (Å²) in [6.45, 7) is 3.99. The molecular formula is C14H12BrClN2O. The molecule has 19 heavy (non-hydrogen) atoms. The molecule has 0 saturated heterocycles. The highest BCUT2D eigenvalue weighted by molar-refractivity contribution is 9.10. The van der Waals surface area contributed by atoms with E-state index in [0.717, 1.165) is 11.1 Å². The van der Waals surface area contributed by atoms with Crippen molar-refractivity contribution in [3.8, 4) is 0 Å². The summed E-state index contributed by atoms with van der Waals surface area (Å²) < 4.78 is 0.645. The van der Waals surface area contributed by atoms with Crippen LogP contribution in [0.1, 0.15) is 21.5 Å². The SMILES string of the molecule is Cc1ccc(C(=O)Nc2cnc(Cl)c(Br)c2)cc1C. The van der Waals surface area contributed by atoms with Crippen molar-refractivity contribution in [3.05, 3.63) is 56.8 Å². The van der Waals surface area contributed by atoms with Crippen LogP contribution in [0.4, 0.5) is 5.69 Å². The summed E-state index contributed by atoms with van der Waals surface area (Å²) >= 11 is 9.07. The fourth-order valence-electron chi connectivity index (χ4n) is 1.58. The molecule has 1 heterocycles. The number of nitrogens with zero attached hydrogens (tertiary/aromatic N) is 1. The van der Waals surface area contributed by atoms with Gasteiger partial charge >= 0.3 is 0 Å². The lowest BCUT2D eigenvalue weighted by atomic mass is 10.1. The summed E-state index contributed by atoms with van der Waals surface area (Å²) in [6.07, 6.45) is 1.52. The zero-order valence-corrected chi connectivity index (χ0v) is 12.8. The fourth-order valence-corrected chi connectivity index (χ4v) is 2.03. The van der Waals surface area contributed by atoms with Crippen LogP contribution in [0.25, 0.3) is 0 Å². The van der Waals surface area contributed by atoms with Crippen LogP contribution in [0.15, 0.2) is 34.9 Å². The average Bonchev–Trinajstić information content (AvgIpc) is 2.37. The van der Waals surface area contributed by atoms with E-state index in [1.165, 1.54) is 6.20 Å². The van der Waals surface area contributed by atoms with Gasteiger partial charge in [0.2, 0.25) is 0 Å². The summed E-state index contributed by atoms with van der Waals surface area (Å²) in [5, 5.41) is 3.15. The summed E-state index contributed by atoms with van der Waals surface area (Å²) in [4.78, 5) is 16.0. The Morgan fingerprint density at radius 1 is 1.26 bits per heavy atom. The van der Waals surface area contributed by atoms with Gasteiger partial charge in [0.05, 0.1) is 16.4 Å². The van der Waals surface area contributed by atoms with E-state index in [2.05, 4.69) is 26.2 Å². The van der Waals surface area contributed by atoms with Crippen LogP contribution in [-0.4, -0.2) is 10.9 Å². The second kappa shape index (κ2) is 5.72. The Morgan fingerprint density at radius 3 is 2.63 bits per heavy atom. The molecule has 98 valence electrons. The van der Waals surface area contributed by atoms with Crippen molar-refractivity contribution in [2.24, 2.45) is 0 Å². The first-order valence-corrected chi connectivity index (χ1v) is 6.84. The predicted octanol–water partition coefficient (Wildman–Crippen LogP) is 4.37. The number of halogens is 2. The molecule has 1 amide bonds. The van der Waals surface area contributed by atoms with E-state index < -0.39 is 0 Å². The zero-order chi connectivity index (χ0) is 14.0. The Hall–Kier alpha value is -1.39. The van der Waals surface area contributed by atoms with Gasteiger partial charge in [0, 0.05) is 5.56 Å². The van der Waals surface area contributed by atoms with E-state index in [4.69, 9.17) is 11.6 Å². The number of benzene rings is 1. The van der Waals surface area contributed by atoms with E-state index in [1.54, 1.807) is 12.1 Å². The third kappa shape index (κ3) is 3.33. The summed E-state index contributed by atoms with van der Waals surface area (Å²) in [5.74, 6) is -0.167. The third-order valence-corrected chi connectivity index (χ3v) is 3.96. The van der Waals surface area contributed by atoms with Crippen LogP contribution in [0.5, 0.6) is 0 Å². The monoisotopic (exact) mass is 338 g/mol. The van der Waals surface area contributed by atoms with Gasteiger partial charge in [0.1, 0.15) is 5.15 Å². The molecule has 1 aromatic carbocycles. The Balaban J connectivity index is 2.20. The molecule has 2 rings (SSSR count). The van der Waals surface area contributed by atoms with Gasteiger partial charge in [-0.05, 0) is 59.1 Å². The highest BCUT2D eigenvalue weighted by Crippen LogP contribution is 2.23. The van der Waals surface area contributed by atoms with Crippen LogP contribution in [0, 0.1) is 13.8 Å². The molecule has 1 N–H and O–H groups in total. The number of hydrogen-bond acceptors (Lipinski definition) is 2. The second-order valence-corrected chi connectivity index (χ2v) is 5.46. The molecule has 0 bridgehead atoms. The van der Waals surface area contributed by atoms with Crippen LogP contribution >= 0.6 is 27.5 Å². The van der Waals surface area contributed by atoms with Gasteiger partial charge in [-0.3, -0.25) is 4.79 Å². The number of aryl methyl sites for hydroxylation is 2. The maximum Gasteiger partial charge on any atom is 0.255 e. The number of carbonyl (C=O) groups excluding carboxylic acids is 1. The van der Waals surface area contributed by atoms with Crippen LogP contribution in [-0.2, 0) is 0 Å². The van der Waals surface area contributed by atoms with Gasteiger partial charge in [0.25, 0.3) is 5.91 Å². The highest BCUT2D eigenvalue weighted by Gasteiger charge is 2.08. The minimum atomic E-state index is -0.167. The minimum Gasteiger partial charge on any atom is -0.321 e. The summed E-state index contributed by atoms with van der Waals surface area (Å²) in [7, 11) is 0. The summed E-state index contributed by atoms with van der Waals surface area (Å²) in [5.41, 5.74) is 3.46. The normalized spacial score (nSPS) is 10.3. The van der Waals surface area contributed by atoms with Gasteiger partial charge in [-0.2, -0.15) is 0 Å². The van der Waals surface area contributed by atoms with Crippen LogP contribution < -0.4 is 5.32 Å². The molecule has 0 radical (unpaired) electrons. The number of hydrogen-bond donors (Lipinski definition) is 1. The molecule has 3 nitrogen and oxygen atoms in total. The van der Waals surface area contributed by atoms with E-state index in [1.807, 2.05) is 26.0 Å². The molecule has 0 atom stereocenters.